The fourth-order valence-electron chi connectivity index (χ4n) is 4.66. The van der Waals surface area contributed by atoms with Gasteiger partial charge in [0.2, 0.25) is 0 Å². The number of rotatable bonds is 7. The van der Waals surface area contributed by atoms with E-state index in [1.165, 1.54) is 27.3 Å². The molecule has 0 saturated heterocycles. The maximum Gasteiger partial charge on any atom is 0.134 e. The van der Waals surface area contributed by atoms with E-state index < -0.39 is 15.8 Å². The molecule has 0 aliphatic heterocycles. The Labute approximate surface area is 198 Å². The second kappa shape index (κ2) is 9.68. The lowest BCUT2D eigenvalue weighted by atomic mass is 10.2. The van der Waals surface area contributed by atoms with Crippen LogP contribution in [0.15, 0.2) is 118 Å². The minimum Gasteiger partial charge on any atom is -0.464 e. The van der Waals surface area contributed by atoms with Gasteiger partial charge in [-0.25, -0.2) is 0 Å². The Morgan fingerprint density at radius 3 is 1.76 bits per heavy atom. The molecule has 2 nitrogen and oxygen atoms in total. The molecule has 0 N–H and O–H groups in total. The van der Waals surface area contributed by atoms with Crippen LogP contribution < -0.4 is 21.6 Å². The fraction of sp³-hybridized carbons (Fsp3) is 0.172. The SMILES string of the molecule is Cc1ccccc1P(c1ccccc1C)[C@H](C)C1=CC=CC1P(c1ccco1)c1ccco1. The van der Waals surface area contributed by atoms with Crippen molar-refractivity contribution in [3.8, 4) is 0 Å². The zero-order chi connectivity index (χ0) is 22.8. The monoisotopic (exact) mass is 470 g/mol. The molecule has 0 bridgehead atoms. The van der Waals surface area contributed by atoms with E-state index in [0.29, 0.717) is 5.66 Å². The number of allylic oxidation sites excluding steroid dienone is 4. The van der Waals surface area contributed by atoms with Crippen LogP contribution in [0.25, 0.3) is 0 Å². The Balaban J connectivity index is 1.59. The quantitative estimate of drug-likeness (QED) is 0.296. The highest BCUT2D eigenvalue weighted by Crippen LogP contribution is 2.53. The minimum atomic E-state index is -0.806. The Morgan fingerprint density at radius 2 is 1.27 bits per heavy atom. The van der Waals surface area contributed by atoms with Gasteiger partial charge in [0.05, 0.1) is 12.5 Å². The van der Waals surface area contributed by atoms with E-state index in [1.807, 2.05) is 12.1 Å². The van der Waals surface area contributed by atoms with Crippen molar-refractivity contribution in [3.05, 3.63) is 120 Å². The highest BCUT2D eigenvalue weighted by Gasteiger charge is 2.37. The average molecular weight is 470 g/mol. The molecule has 1 aliphatic carbocycles. The first-order chi connectivity index (χ1) is 16.1. The zero-order valence-electron chi connectivity index (χ0n) is 19.2. The Bertz CT molecular complexity index is 1190. The molecule has 166 valence electrons. The van der Waals surface area contributed by atoms with Crippen LogP contribution in [0.1, 0.15) is 18.1 Å². The number of hydrogen-bond acceptors (Lipinski definition) is 2. The molecular formula is C29H28O2P2. The highest BCUT2D eigenvalue weighted by molar-refractivity contribution is 7.75. The second-order valence-corrected chi connectivity index (χ2v) is 13.0. The number of furan rings is 2. The molecule has 1 aliphatic rings. The van der Waals surface area contributed by atoms with Gasteiger partial charge in [-0.15, -0.1) is 0 Å². The van der Waals surface area contributed by atoms with Crippen LogP contribution in [-0.4, -0.2) is 11.3 Å². The van der Waals surface area contributed by atoms with E-state index >= 15 is 0 Å². The minimum absolute atomic E-state index is 0.255. The molecule has 2 aromatic carbocycles. The third kappa shape index (κ3) is 4.31. The predicted octanol–water partition coefficient (Wildman–Crippen LogP) is 6.31. The van der Waals surface area contributed by atoms with E-state index in [9.17, 15) is 0 Å². The molecule has 2 atom stereocenters. The van der Waals surface area contributed by atoms with Gasteiger partial charge < -0.3 is 8.83 Å². The third-order valence-electron chi connectivity index (χ3n) is 6.31. The molecule has 1 unspecified atom stereocenters. The van der Waals surface area contributed by atoms with Gasteiger partial charge in [0, 0.05) is 19.2 Å². The van der Waals surface area contributed by atoms with Gasteiger partial charge in [-0.2, -0.15) is 0 Å². The summed E-state index contributed by atoms with van der Waals surface area (Å²) in [6, 6.07) is 25.9. The molecule has 0 saturated carbocycles. The lowest BCUT2D eigenvalue weighted by Gasteiger charge is -2.33. The highest BCUT2D eigenvalue weighted by atomic mass is 31.1. The third-order valence-corrected chi connectivity index (χ3v) is 11.9. The summed E-state index contributed by atoms with van der Waals surface area (Å²) < 4.78 is 11.9. The van der Waals surface area contributed by atoms with Crippen LogP contribution in [-0.2, 0) is 0 Å². The van der Waals surface area contributed by atoms with E-state index in [1.54, 1.807) is 12.5 Å². The maximum atomic E-state index is 5.94. The molecule has 33 heavy (non-hydrogen) atoms. The summed E-state index contributed by atoms with van der Waals surface area (Å²) in [6.07, 6.45) is 10.4. The summed E-state index contributed by atoms with van der Waals surface area (Å²) in [5.74, 6) is 0. The summed E-state index contributed by atoms with van der Waals surface area (Å²) in [5.41, 5.74) is 6.83. The van der Waals surface area contributed by atoms with Gasteiger partial charge in [-0.3, -0.25) is 0 Å². The first kappa shape index (κ1) is 22.1. The smallest absolute Gasteiger partial charge is 0.134 e. The summed E-state index contributed by atoms with van der Waals surface area (Å²) in [6.45, 7) is 6.90. The zero-order valence-corrected chi connectivity index (χ0v) is 21.0. The van der Waals surface area contributed by atoms with Crippen molar-refractivity contribution < 1.29 is 8.83 Å². The van der Waals surface area contributed by atoms with Gasteiger partial charge >= 0.3 is 0 Å². The topological polar surface area (TPSA) is 26.3 Å². The Morgan fingerprint density at radius 1 is 0.727 bits per heavy atom. The van der Waals surface area contributed by atoms with Gasteiger partial charge in [0.1, 0.15) is 11.0 Å². The Kier molecular flexibility index (Phi) is 6.50. The number of aryl methyl sites for hydroxylation is 2. The first-order valence-electron chi connectivity index (χ1n) is 11.3. The van der Waals surface area contributed by atoms with E-state index in [4.69, 9.17) is 8.83 Å². The largest absolute Gasteiger partial charge is 0.464 e. The van der Waals surface area contributed by atoms with Crippen LogP contribution in [0.3, 0.4) is 0 Å². The second-order valence-electron chi connectivity index (χ2n) is 8.39. The molecule has 0 fully saturated rings. The van der Waals surface area contributed by atoms with Crippen molar-refractivity contribution in [1.82, 2.24) is 0 Å². The van der Waals surface area contributed by atoms with Crippen molar-refractivity contribution in [2.24, 2.45) is 0 Å². The lowest BCUT2D eigenvalue weighted by Crippen LogP contribution is -2.29. The summed E-state index contributed by atoms with van der Waals surface area (Å²) in [5, 5.41) is 2.92. The molecule has 0 radical (unpaired) electrons. The van der Waals surface area contributed by atoms with Crippen LogP contribution in [0.2, 0.25) is 0 Å². The van der Waals surface area contributed by atoms with Crippen LogP contribution >= 0.6 is 15.8 Å². The van der Waals surface area contributed by atoms with Gasteiger partial charge in [0.25, 0.3) is 0 Å². The van der Waals surface area contributed by atoms with Gasteiger partial charge in [0.15, 0.2) is 0 Å². The number of benzene rings is 2. The molecule has 5 rings (SSSR count). The molecule has 0 spiro atoms. The average Bonchev–Trinajstić information content (AvgIpc) is 3.61. The lowest BCUT2D eigenvalue weighted by molar-refractivity contribution is 0.592. The van der Waals surface area contributed by atoms with Crippen molar-refractivity contribution >= 4 is 37.5 Å². The molecule has 0 amide bonds. The first-order valence-corrected chi connectivity index (χ1v) is 14.1. The predicted molar refractivity (Wildman–Crippen MR) is 143 cm³/mol. The number of hydrogen-bond donors (Lipinski definition) is 0. The van der Waals surface area contributed by atoms with Gasteiger partial charge in [-0.05, 0) is 67.8 Å². The van der Waals surface area contributed by atoms with Crippen LogP contribution in [0, 0.1) is 13.8 Å². The Hall–Kier alpha value is -2.66. The summed E-state index contributed by atoms with van der Waals surface area (Å²) in [4.78, 5) is 0. The standard InChI is InChI=1S/C29H28O2P2/c1-21-11-4-6-14-25(21)32(26-15-7-5-12-22(26)2)23(3)24-13-8-16-27(24)33(28-17-9-19-30-28)29-18-10-20-31-29/h4-20,23,27H,1-3H3/t23-,27?/m1/s1. The molecule has 4 aromatic rings. The fourth-order valence-corrected chi connectivity index (χ4v) is 10.3. The molecular weight excluding hydrogens is 442 g/mol. The molecule has 4 heteroatoms. The van der Waals surface area contributed by atoms with Crippen LogP contribution in [0.5, 0.6) is 0 Å². The van der Waals surface area contributed by atoms with Crippen molar-refractivity contribution in [2.75, 3.05) is 0 Å². The van der Waals surface area contributed by atoms with Gasteiger partial charge in [-0.1, -0.05) is 79.3 Å². The van der Waals surface area contributed by atoms with Crippen molar-refractivity contribution in [3.63, 3.8) is 0 Å². The van der Waals surface area contributed by atoms with Crippen molar-refractivity contribution in [2.45, 2.75) is 32.1 Å². The van der Waals surface area contributed by atoms with Crippen LogP contribution in [0.4, 0.5) is 0 Å². The van der Waals surface area contributed by atoms with E-state index in [2.05, 4.69) is 99.7 Å². The van der Waals surface area contributed by atoms with Crippen molar-refractivity contribution in [1.29, 1.82) is 0 Å². The normalized spacial score (nSPS) is 16.5. The summed E-state index contributed by atoms with van der Waals surface area (Å²) >= 11 is 0. The van der Waals surface area contributed by atoms with E-state index in [-0.39, 0.29) is 5.66 Å². The molecule has 2 aromatic heterocycles. The van der Waals surface area contributed by atoms with E-state index in [0.717, 1.165) is 11.0 Å². The maximum absolute atomic E-state index is 5.94. The molecule has 2 heterocycles. The summed E-state index contributed by atoms with van der Waals surface area (Å²) in [7, 11) is -1.40.